The Bertz CT molecular complexity index is 702. The lowest BCUT2D eigenvalue weighted by Gasteiger charge is -2.24. The van der Waals surface area contributed by atoms with Crippen LogP contribution in [0.25, 0.3) is 0 Å². The van der Waals surface area contributed by atoms with Crippen LogP contribution in [0.4, 0.5) is 0 Å². The summed E-state index contributed by atoms with van der Waals surface area (Å²) < 4.78 is 33.6. The predicted octanol–water partition coefficient (Wildman–Crippen LogP) is 0.161. The molecule has 1 heterocycles. The SMILES string of the molecule is C[N+](C)(C)CCOP(=O)(O)OCCCCC(CO)OC1OC1NCC1C=CC(B(O)O)=CC1. The van der Waals surface area contributed by atoms with E-state index in [4.69, 9.17) is 28.6 Å². The molecule has 5 atom stereocenters. The van der Waals surface area contributed by atoms with Crippen LogP contribution in [0.5, 0.6) is 0 Å². The van der Waals surface area contributed by atoms with Crippen LogP contribution < -0.4 is 5.32 Å². The van der Waals surface area contributed by atoms with Crippen molar-refractivity contribution in [2.45, 2.75) is 44.3 Å². The van der Waals surface area contributed by atoms with Gasteiger partial charge in [0.05, 0.1) is 40.5 Å². The van der Waals surface area contributed by atoms with Gasteiger partial charge >= 0.3 is 14.9 Å². The van der Waals surface area contributed by atoms with Crippen molar-refractivity contribution in [1.29, 1.82) is 0 Å². The Labute approximate surface area is 196 Å². The van der Waals surface area contributed by atoms with Crippen LogP contribution in [0.3, 0.4) is 0 Å². The molecule has 5 N–H and O–H groups in total. The number of allylic oxidation sites excluding steroid dienone is 3. The number of phosphoric ester groups is 1. The van der Waals surface area contributed by atoms with E-state index < -0.39 is 27.3 Å². The topological polar surface area (TPSA) is 150 Å². The molecule has 13 heteroatoms. The maximum absolute atomic E-state index is 11.9. The number of nitrogens with one attached hydrogen (secondary N) is 1. The molecule has 5 unspecified atom stereocenters. The molecule has 0 spiro atoms. The summed E-state index contributed by atoms with van der Waals surface area (Å²) in [6, 6.07) is 0. The molecule has 0 saturated carbocycles. The van der Waals surface area contributed by atoms with Gasteiger partial charge in [0.1, 0.15) is 13.2 Å². The number of hydrogen-bond donors (Lipinski definition) is 5. The van der Waals surface area contributed by atoms with Gasteiger partial charge in [-0.3, -0.25) is 14.4 Å². The quantitative estimate of drug-likeness (QED) is 0.0624. The van der Waals surface area contributed by atoms with Crippen molar-refractivity contribution in [3.63, 3.8) is 0 Å². The fourth-order valence-electron chi connectivity index (χ4n) is 3.15. The summed E-state index contributed by atoms with van der Waals surface area (Å²) in [6.45, 7) is 1.31. The van der Waals surface area contributed by atoms with Crippen LogP contribution in [0.2, 0.25) is 0 Å². The Kier molecular flexibility index (Phi) is 11.7. The molecular formula is C20H39BN2O9P+. The van der Waals surface area contributed by atoms with E-state index in [1.54, 1.807) is 12.2 Å². The fourth-order valence-corrected chi connectivity index (χ4v) is 3.90. The Hall–Kier alpha value is -0.625. The van der Waals surface area contributed by atoms with Gasteiger partial charge in [0.15, 0.2) is 12.5 Å². The second-order valence-electron chi connectivity index (χ2n) is 9.35. The first-order valence-electron chi connectivity index (χ1n) is 11.3. The first-order valence-corrected chi connectivity index (χ1v) is 12.8. The molecule has 1 aliphatic heterocycles. The Balaban J connectivity index is 1.53. The number of hydrogen-bond acceptors (Lipinski definition) is 9. The standard InChI is InChI=1S/C20H38BN2O9P/c1-23(2,3)11-13-30-33(27,28)29-12-5-4-6-18(15-24)31-20-19(32-20)22-14-16-7-9-17(10-8-16)21(25)26/h7,9-10,16,18-20,22,24-26H,4-6,8,11-15H2,1-3H3/p+1. The summed E-state index contributed by atoms with van der Waals surface area (Å²) in [7, 11) is 0.392. The highest BCUT2D eigenvalue weighted by molar-refractivity contribution is 7.47. The molecule has 2 rings (SSSR count). The first-order chi connectivity index (χ1) is 15.5. The highest BCUT2D eigenvalue weighted by Crippen LogP contribution is 2.43. The van der Waals surface area contributed by atoms with Crippen LogP contribution in [0, 0.1) is 5.92 Å². The zero-order valence-corrected chi connectivity index (χ0v) is 20.6. The molecule has 1 fully saturated rings. The van der Waals surface area contributed by atoms with E-state index in [9.17, 15) is 14.6 Å². The molecule has 0 bridgehead atoms. The number of unbranched alkanes of at least 4 members (excludes halogenated alkanes) is 1. The summed E-state index contributed by atoms with van der Waals surface area (Å²) in [4.78, 5) is 9.69. The third-order valence-corrected chi connectivity index (χ3v) is 6.29. The summed E-state index contributed by atoms with van der Waals surface area (Å²) >= 11 is 0. The van der Waals surface area contributed by atoms with E-state index in [1.807, 2.05) is 27.2 Å². The van der Waals surface area contributed by atoms with Crippen molar-refractivity contribution >= 4 is 14.9 Å². The van der Waals surface area contributed by atoms with E-state index in [0.717, 1.165) is 0 Å². The summed E-state index contributed by atoms with van der Waals surface area (Å²) in [6.07, 6.45) is 6.82. The molecule has 2 aliphatic rings. The molecule has 1 aliphatic carbocycles. The van der Waals surface area contributed by atoms with Gasteiger partial charge in [-0.1, -0.05) is 18.2 Å². The summed E-state index contributed by atoms with van der Waals surface area (Å²) in [5.41, 5.74) is 0.500. The van der Waals surface area contributed by atoms with Gasteiger partial charge in [0.25, 0.3) is 0 Å². The van der Waals surface area contributed by atoms with Crippen LogP contribution in [-0.2, 0) is 23.1 Å². The number of quaternary nitrogens is 1. The molecule has 0 aromatic heterocycles. The largest absolute Gasteiger partial charge is 0.488 e. The van der Waals surface area contributed by atoms with Crippen molar-refractivity contribution in [3.8, 4) is 0 Å². The Morgan fingerprint density at radius 3 is 2.61 bits per heavy atom. The number of ether oxygens (including phenoxy) is 2. The lowest BCUT2D eigenvalue weighted by Crippen LogP contribution is -2.37. The van der Waals surface area contributed by atoms with Gasteiger partial charge in [-0.05, 0) is 37.1 Å². The maximum Gasteiger partial charge on any atom is 0.488 e. The summed E-state index contributed by atoms with van der Waals surface area (Å²) in [5.74, 6) is 0.227. The predicted molar refractivity (Wildman–Crippen MR) is 123 cm³/mol. The smallest absolute Gasteiger partial charge is 0.423 e. The van der Waals surface area contributed by atoms with Crippen molar-refractivity contribution in [3.05, 3.63) is 23.7 Å². The minimum absolute atomic E-state index is 0.0821. The molecule has 0 aromatic carbocycles. The first kappa shape index (κ1) is 28.6. The van der Waals surface area contributed by atoms with Crippen molar-refractivity contribution in [1.82, 2.24) is 5.32 Å². The average Bonchev–Trinajstić information content (AvgIpc) is 3.48. The van der Waals surface area contributed by atoms with Crippen LogP contribution in [0.1, 0.15) is 25.7 Å². The van der Waals surface area contributed by atoms with Gasteiger partial charge in [-0.25, -0.2) is 4.57 Å². The van der Waals surface area contributed by atoms with Crippen molar-refractivity contribution < 1.29 is 47.6 Å². The van der Waals surface area contributed by atoms with E-state index in [-0.39, 0.29) is 32.0 Å². The number of nitrogens with zero attached hydrogens (tertiary/aromatic N) is 1. The van der Waals surface area contributed by atoms with E-state index >= 15 is 0 Å². The number of rotatable bonds is 17. The number of likely N-dealkylation sites (N-methyl/N-ethyl adjacent to an activating group) is 1. The molecule has 190 valence electrons. The second-order valence-corrected chi connectivity index (χ2v) is 10.8. The zero-order valence-electron chi connectivity index (χ0n) is 19.7. The molecule has 11 nitrogen and oxygen atoms in total. The highest BCUT2D eigenvalue weighted by Gasteiger charge is 2.41. The maximum atomic E-state index is 11.9. The third kappa shape index (κ3) is 12.1. The molecule has 0 aromatic rings. The minimum Gasteiger partial charge on any atom is -0.423 e. The second kappa shape index (κ2) is 13.5. The van der Waals surface area contributed by atoms with Gasteiger partial charge in [0.2, 0.25) is 0 Å². The van der Waals surface area contributed by atoms with Crippen molar-refractivity contribution in [2.24, 2.45) is 5.92 Å². The molecule has 0 amide bonds. The van der Waals surface area contributed by atoms with Crippen LogP contribution >= 0.6 is 7.82 Å². The monoisotopic (exact) mass is 493 g/mol. The highest BCUT2D eigenvalue weighted by atomic mass is 31.2. The summed E-state index contributed by atoms with van der Waals surface area (Å²) in [5, 5.41) is 31.1. The molecule has 0 radical (unpaired) electrons. The van der Waals surface area contributed by atoms with Crippen LogP contribution in [-0.4, -0.2) is 104 Å². The zero-order chi connectivity index (χ0) is 24.5. The van der Waals surface area contributed by atoms with Crippen LogP contribution in [0.15, 0.2) is 23.7 Å². The van der Waals surface area contributed by atoms with Gasteiger partial charge in [0, 0.05) is 6.54 Å². The number of epoxide rings is 1. The van der Waals surface area contributed by atoms with E-state index in [1.165, 1.54) is 0 Å². The Morgan fingerprint density at radius 2 is 2.00 bits per heavy atom. The van der Waals surface area contributed by atoms with Gasteiger partial charge < -0.3 is 34.0 Å². The van der Waals surface area contributed by atoms with Gasteiger partial charge in [-0.15, -0.1) is 0 Å². The van der Waals surface area contributed by atoms with E-state index in [2.05, 4.69) is 5.32 Å². The number of phosphoric acid groups is 1. The van der Waals surface area contributed by atoms with Crippen molar-refractivity contribution in [2.75, 3.05) is 54.1 Å². The molecular weight excluding hydrogens is 454 g/mol. The number of aliphatic hydroxyl groups excluding tert-OH is 1. The fraction of sp³-hybridized carbons (Fsp3) is 0.800. The molecule has 1 saturated heterocycles. The third-order valence-electron chi connectivity index (χ3n) is 5.27. The lowest BCUT2D eigenvalue weighted by molar-refractivity contribution is -0.870. The van der Waals surface area contributed by atoms with E-state index in [0.29, 0.717) is 48.7 Å². The lowest BCUT2D eigenvalue weighted by atomic mass is 9.75. The van der Waals surface area contributed by atoms with Gasteiger partial charge in [-0.2, -0.15) is 0 Å². The Morgan fingerprint density at radius 1 is 1.27 bits per heavy atom. The average molecular weight is 493 g/mol. The normalized spacial score (nSPS) is 25.4. The molecule has 33 heavy (non-hydrogen) atoms. The minimum atomic E-state index is -4.05. The number of aliphatic hydroxyl groups is 1.